The predicted molar refractivity (Wildman–Crippen MR) is 348 cm³/mol. The summed E-state index contributed by atoms with van der Waals surface area (Å²) in [4.78, 5) is 179. The lowest BCUT2D eigenvalue weighted by Gasteiger charge is -2.49. The molecule has 0 aliphatic carbocycles. The molecule has 0 spiro atoms. The summed E-state index contributed by atoms with van der Waals surface area (Å²) in [5.74, 6) is -23.4. The highest BCUT2D eigenvalue weighted by molar-refractivity contribution is 6.23. The number of hydrogen-bond acceptors (Lipinski definition) is 24. The number of carboxylic acid groups (broad SMARTS) is 1. The van der Waals surface area contributed by atoms with Gasteiger partial charge >= 0.3 is 5.97 Å². The number of ketones is 2. The number of guanidine groups is 1. The Morgan fingerprint density at radius 2 is 1.24 bits per heavy atom. The van der Waals surface area contributed by atoms with Gasteiger partial charge in [-0.2, -0.15) is 0 Å². The number of aliphatic hydroxyl groups excluding tert-OH is 4. The Morgan fingerprint density at radius 1 is 0.695 bits per heavy atom. The van der Waals surface area contributed by atoms with Crippen molar-refractivity contribution in [1.29, 1.82) is 0 Å². The molecule has 9 amide bonds. The smallest absolute Gasteiger partial charge is 0.329 e. The molecule has 27 N–H and O–H groups in total. The maximum Gasteiger partial charge on any atom is 0.329 e. The van der Waals surface area contributed by atoms with Crippen LogP contribution in [0.1, 0.15) is 128 Å². The van der Waals surface area contributed by atoms with E-state index < -0.39 is 209 Å². The van der Waals surface area contributed by atoms with Gasteiger partial charge in [-0.3, -0.25) is 67.5 Å². The molecule has 1 aromatic carbocycles. The van der Waals surface area contributed by atoms with Gasteiger partial charge in [-0.25, -0.2) is 4.79 Å². The van der Waals surface area contributed by atoms with Crippen LogP contribution in [0.5, 0.6) is 5.75 Å². The Hall–Kier alpha value is -7.83. The number of nitrogens with one attached hydrogen (secondary N) is 4. The Morgan fingerprint density at radius 3 is 1.69 bits per heavy atom. The van der Waals surface area contributed by atoms with E-state index in [1.807, 2.05) is 5.32 Å². The molecule has 0 aliphatic heterocycles. The van der Waals surface area contributed by atoms with Gasteiger partial charge in [0.15, 0.2) is 35.2 Å². The number of carbonyl (C=O) groups is 12. The fourth-order valence-electron chi connectivity index (χ4n) is 10.6. The first-order valence-electron chi connectivity index (χ1n) is 31.1. The number of primary amides is 1. The first-order chi connectivity index (χ1) is 43.6. The molecule has 34 heteroatoms. The number of nitrogen functional groups attached to an aromatic ring is 1. The standard InChI is InChI=1S/C61H106N16O18/c1-15-29(6)43(52(88)75-44(30(7)79)51(87)72-25-39(80)76(37(26-78)56(92)93)54(90)42(67)47(83)49(68)85)74-50(86)36(17-16-20-71-58(69)70)73-57(94)61(48(84)34(64)23-59(8,9)10,40(27(2)3)46(82)33(63)22-31-18-19-38(95-14)32(62)21-31)77(53(89)35(65)24-60(11,12)13)55(91)41(66)45(81)28(4)5/h18-19,21,27-30,33-37,40-45,47,78-79,81,83H,15-17,20,22-26,62-67H2,1-14H3,(H2,68,85)(H,72,87)(H,73,94)(H,74,86)(H,75,88)(H,92,93)(H4,69,70,71)/t29?,30-,33-,34?,35+,36+,37-,40?,41-,42-,43-,44-,45+,47-,61+/m0/s1. The van der Waals surface area contributed by atoms with Crippen LogP contribution < -0.4 is 77.6 Å². The summed E-state index contributed by atoms with van der Waals surface area (Å²) in [7, 11) is 1.37. The minimum Gasteiger partial charge on any atom is -0.495 e. The lowest BCUT2D eigenvalue weighted by Crippen LogP contribution is -2.79. The third-order valence-electron chi connectivity index (χ3n) is 15.7. The summed E-state index contributed by atoms with van der Waals surface area (Å²) in [6.45, 7) is 16.9. The van der Waals surface area contributed by atoms with E-state index in [1.165, 1.54) is 59.9 Å². The number of rotatable bonds is 38. The molecule has 15 atom stereocenters. The van der Waals surface area contributed by atoms with Crippen molar-refractivity contribution in [3.63, 3.8) is 0 Å². The number of anilines is 1. The molecule has 538 valence electrons. The summed E-state index contributed by atoms with van der Waals surface area (Å²) in [5.41, 5.74) is 50.5. The Labute approximate surface area is 553 Å². The zero-order valence-corrected chi connectivity index (χ0v) is 56.9. The lowest BCUT2D eigenvalue weighted by atomic mass is 9.65. The summed E-state index contributed by atoms with van der Waals surface area (Å²) in [6.07, 6.45) is -7.70. The van der Waals surface area contributed by atoms with E-state index in [2.05, 4.69) is 20.9 Å². The molecule has 1 aromatic rings. The van der Waals surface area contributed by atoms with Crippen LogP contribution in [0.4, 0.5) is 5.69 Å². The molecule has 0 heterocycles. The van der Waals surface area contributed by atoms with Crippen molar-refractivity contribution in [2.75, 3.05) is 32.5 Å². The average molecular weight is 1350 g/mol. The van der Waals surface area contributed by atoms with Gasteiger partial charge in [0.25, 0.3) is 5.91 Å². The number of aliphatic imine (C=N–C) groups is 1. The summed E-state index contributed by atoms with van der Waals surface area (Å²) < 4.78 is 5.31. The zero-order valence-electron chi connectivity index (χ0n) is 56.9. The second kappa shape index (κ2) is 36.9. The number of amides is 9. The number of nitrogens with two attached hydrogens (primary N) is 9. The number of methoxy groups -OCH3 is 1. The van der Waals surface area contributed by atoms with Crippen molar-refractivity contribution in [2.45, 2.75) is 207 Å². The number of carboxylic acids is 1. The van der Waals surface area contributed by atoms with Gasteiger partial charge in [-0.1, -0.05) is 95.6 Å². The van der Waals surface area contributed by atoms with Crippen LogP contribution in [0.3, 0.4) is 0 Å². The SMILES string of the molecule is CCC(C)[C@H](NC(=O)[C@@H](CCCN=C(N)N)NC(=O)[C@](C(=O)C(N)CC(C)(C)C)(C(C(=O)[C@@H](N)Cc1ccc(OC)c(N)c1)C(C)C)N(C(=O)[C@H](N)CC(C)(C)C)C(=O)[C@@H](N)[C@H](O)C(C)C)C(=O)N[C@H](C(=O)NCC(=O)N(C(=O)[C@@H](N)[C@H](O)C(N)=O)[C@@H](CO)C(=O)O)[C@H](C)O. The van der Waals surface area contributed by atoms with E-state index in [-0.39, 0.29) is 59.9 Å². The van der Waals surface area contributed by atoms with Gasteiger partial charge in [-0.15, -0.1) is 0 Å². The van der Waals surface area contributed by atoms with Crippen molar-refractivity contribution in [3.05, 3.63) is 23.8 Å². The third kappa shape index (κ3) is 23.5. The quantitative estimate of drug-likeness (QED) is 0.00966. The van der Waals surface area contributed by atoms with Crippen molar-refractivity contribution < 1.29 is 87.8 Å². The van der Waals surface area contributed by atoms with E-state index in [0.29, 0.717) is 5.56 Å². The highest BCUT2D eigenvalue weighted by Crippen LogP contribution is 2.40. The minimum absolute atomic E-state index is 0.0628. The van der Waals surface area contributed by atoms with Crippen LogP contribution in [0.25, 0.3) is 0 Å². The molecule has 1 rings (SSSR count). The maximum atomic E-state index is 16.7. The summed E-state index contributed by atoms with van der Waals surface area (Å²) >= 11 is 0. The topological polar surface area (TPSA) is 616 Å². The Bertz CT molecular complexity index is 2910. The molecule has 0 aromatic heterocycles. The van der Waals surface area contributed by atoms with E-state index >= 15 is 28.8 Å². The highest BCUT2D eigenvalue weighted by Gasteiger charge is 2.66. The average Bonchev–Trinajstić information content (AvgIpc) is 0.720. The van der Waals surface area contributed by atoms with Crippen LogP contribution in [0.2, 0.25) is 0 Å². The van der Waals surface area contributed by atoms with Crippen molar-refractivity contribution in [2.24, 2.45) is 85.4 Å². The fourth-order valence-corrected chi connectivity index (χ4v) is 10.6. The molecule has 0 fully saturated rings. The number of aliphatic hydroxyl groups is 4. The number of nitrogens with zero attached hydrogens (tertiary/aromatic N) is 3. The van der Waals surface area contributed by atoms with Gasteiger partial charge < -0.3 is 103 Å². The first kappa shape index (κ1) is 85.2. The van der Waals surface area contributed by atoms with Gasteiger partial charge in [0.1, 0.15) is 36.0 Å². The Balaban J connectivity index is 4.64. The molecule has 0 aliphatic rings. The second-order valence-electron chi connectivity index (χ2n) is 27.0. The third-order valence-corrected chi connectivity index (χ3v) is 15.7. The molecule has 0 radical (unpaired) electrons. The van der Waals surface area contributed by atoms with E-state index in [1.54, 1.807) is 48.5 Å². The molecule has 0 bridgehead atoms. The van der Waals surface area contributed by atoms with E-state index in [0.717, 1.165) is 6.92 Å². The van der Waals surface area contributed by atoms with Crippen LogP contribution in [0.15, 0.2) is 23.2 Å². The molecule has 3 unspecified atom stereocenters. The van der Waals surface area contributed by atoms with Crippen LogP contribution >= 0.6 is 0 Å². The number of Topliss-reactive ketones (excluding diaryl/α,β-unsaturated/α-hetero) is 2. The first-order valence-corrected chi connectivity index (χ1v) is 31.1. The van der Waals surface area contributed by atoms with Crippen LogP contribution in [-0.4, -0.2) is 217 Å². The number of benzene rings is 1. The molecule has 0 saturated heterocycles. The fraction of sp³-hybridized carbons (Fsp3) is 0.689. The number of aliphatic carboxylic acids is 1. The largest absolute Gasteiger partial charge is 0.495 e. The molecular weight excluding hydrogens is 1240 g/mol. The molecule has 34 nitrogen and oxygen atoms in total. The van der Waals surface area contributed by atoms with Gasteiger partial charge in [0, 0.05) is 6.54 Å². The lowest BCUT2D eigenvalue weighted by molar-refractivity contribution is -0.174. The van der Waals surface area contributed by atoms with Crippen molar-refractivity contribution in [1.82, 2.24) is 31.1 Å². The highest BCUT2D eigenvalue weighted by atomic mass is 16.5. The Kier molecular flexibility index (Phi) is 33.1. The van der Waals surface area contributed by atoms with Gasteiger partial charge in [0.2, 0.25) is 47.3 Å². The van der Waals surface area contributed by atoms with Crippen LogP contribution in [0, 0.1) is 34.5 Å². The number of imide groups is 2. The van der Waals surface area contributed by atoms with Crippen molar-refractivity contribution in [3.8, 4) is 5.75 Å². The monoisotopic (exact) mass is 1350 g/mol. The van der Waals surface area contributed by atoms with Gasteiger partial charge in [-0.05, 0) is 85.3 Å². The summed E-state index contributed by atoms with van der Waals surface area (Å²) in [6, 6.07) is -13.6. The van der Waals surface area contributed by atoms with E-state index in [9.17, 15) is 54.3 Å². The number of ether oxygens (including phenoxy) is 1. The predicted octanol–water partition coefficient (Wildman–Crippen LogP) is -5.45. The van der Waals surface area contributed by atoms with Crippen LogP contribution in [-0.2, 0) is 64.0 Å². The van der Waals surface area contributed by atoms with Crippen molar-refractivity contribution >= 4 is 82.3 Å². The zero-order chi connectivity index (χ0) is 73.9. The molecular formula is C61H106N16O18. The molecule has 95 heavy (non-hydrogen) atoms. The van der Waals surface area contributed by atoms with Gasteiger partial charge in [0.05, 0.1) is 62.2 Å². The number of carbonyl (C=O) groups excluding carboxylic acids is 11. The summed E-state index contributed by atoms with van der Waals surface area (Å²) in [5, 5.41) is 61.5. The minimum atomic E-state index is -3.55. The second-order valence-corrected chi connectivity index (χ2v) is 27.0. The number of hydrogen-bond donors (Lipinski definition) is 18. The maximum absolute atomic E-state index is 16.7. The molecule has 0 saturated carbocycles. The van der Waals surface area contributed by atoms with E-state index in [4.69, 9.17) is 56.3 Å². The normalized spacial score (nSPS) is 16.9.